The van der Waals surface area contributed by atoms with Crippen LogP contribution in [0.2, 0.25) is 5.02 Å². The van der Waals surface area contributed by atoms with Crippen molar-refractivity contribution < 1.29 is 22.7 Å². The van der Waals surface area contributed by atoms with Crippen LogP contribution in [-0.4, -0.2) is 50.4 Å². The molecular formula is C21H24ClN3O5S2. The number of carbonyl (C=O) groups is 2. The number of anilines is 1. The van der Waals surface area contributed by atoms with Gasteiger partial charge in [0.25, 0.3) is 0 Å². The lowest BCUT2D eigenvalue weighted by Crippen LogP contribution is -2.59. The van der Waals surface area contributed by atoms with Crippen molar-refractivity contribution in [2.24, 2.45) is 0 Å². The Labute approximate surface area is 196 Å². The maximum absolute atomic E-state index is 12.9. The van der Waals surface area contributed by atoms with Crippen LogP contribution in [0.15, 0.2) is 47.4 Å². The van der Waals surface area contributed by atoms with Gasteiger partial charge in [-0.05, 0) is 42.3 Å². The maximum Gasteiger partial charge on any atom is 0.241 e. The largest absolute Gasteiger partial charge is 0.495 e. The fraction of sp³-hybridized carbons (Fsp3) is 0.333. The van der Waals surface area contributed by atoms with E-state index < -0.39 is 26.5 Å². The minimum absolute atomic E-state index is 0.0392. The third kappa shape index (κ3) is 5.74. The zero-order chi connectivity index (χ0) is 23.3. The van der Waals surface area contributed by atoms with Crippen molar-refractivity contribution in [3.05, 3.63) is 53.1 Å². The topological polar surface area (TPSA) is 114 Å². The van der Waals surface area contributed by atoms with Crippen LogP contribution in [0.3, 0.4) is 0 Å². The average Bonchev–Trinajstić information content (AvgIpc) is 2.77. The van der Waals surface area contributed by atoms with Crippen molar-refractivity contribution in [1.82, 2.24) is 10.6 Å². The molecule has 0 aromatic heterocycles. The van der Waals surface area contributed by atoms with Gasteiger partial charge in [-0.15, -0.1) is 11.8 Å². The number of aryl methyl sites for hydroxylation is 1. The van der Waals surface area contributed by atoms with E-state index in [1.54, 1.807) is 30.3 Å². The van der Waals surface area contributed by atoms with Crippen molar-refractivity contribution in [2.75, 3.05) is 24.7 Å². The second-order valence-electron chi connectivity index (χ2n) is 7.04. The molecule has 32 heavy (non-hydrogen) atoms. The van der Waals surface area contributed by atoms with E-state index in [9.17, 15) is 18.0 Å². The second-order valence-corrected chi connectivity index (χ2v) is 10.7. The third-order valence-corrected chi connectivity index (χ3v) is 8.31. The number of amides is 2. The summed E-state index contributed by atoms with van der Waals surface area (Å²) in [6.45, 7) is 1.93. The second kappa shape index (κ2) is 10.6. The number of halogens is 1. The van der Waals surface area contributed by atoms with Gasteiger partial charge >= 0.3 is 0 Å². The SMILES string of the molecule is CCc1ccc(S(=O)(=O)C2CNC(SCC(=O)Nc3ccc(OC)c(Cl)c3)NC2=O)cc1. The van der Waals surface area contributed by atoms with Gasteiger partial charge in [0, 0.05) is 12.2 Å². The summed E-state index contributed by atoms with van der Waals surface area (Å²) in [6.07, 6.45) is 0.795. The Morgan fingerprint density at radius 3 is 2.56 bits per heavy atom. The fourth-order valence-corrected chi connectivity index (χ4v) is 5.68. The highest BCUT2D eigenvalue weighted by Crippen LogP contribution is 2.27. The highest BCUT2D eigenvalue weighted by molar-refractivity contribution is 8.00. The van der Waals surface area contributed by atoms with Gasteiger partial charge in [-0.3, -0.25) is 14.9 Å². The number of methoxy groups -OCH3 is 1. The number of hydrogen-bond acceptors (Lipinski definition) is 7. The van der Waals surface area contributed by atoms with E-state index in [1.807, 2.05) is 6.92 Å². The Morgan fingerprint density at radius 1 is 1.25 bits per heavy atom. The van der Waals surface area contributed by atoms with Crippen molar-refractivity contribution in [3.63, 3.8) is 0 Å². The van der Waals surface area contributed by atoms with Crippen LogP contribution in [0.25, 0.3) is 0 Å². The first-order chi connectivity index (χ1) is 15.2. The Kier molecular flexibility index (Phi) is 8.05. The first-order valence-electron chi connectivity index (χ1n) is 9.86. The number of benzene rings is 2. The standard InChI is InChI=1S/C21H24ClN3O5S2/c1-3-13-4-7-15(8-5-13)32(28,29)18-11-23-21(25-20(18)27)31-12-19(26)24-14-6-9-17(30-2)16(22)10-14/h4-10,18,21,23H,3,11-12H2,1-2H3,(H,24,26)(H,25,27). The molecule has 3 rings (SSSR count). The Hall–Kier alpha value is -2.27. The van der Waals surface area contributed by atoms with Gasteiger partial charge in [-0.2, -0.15) is 0 Å². The molecule has 2 aromatic carbocycles. The maximum atomic E-state index is 12.9. The van der Waals surface area contributed by atoms with E-state index in [2.05, 4.69) is 16.0 Å². The molecule has 1 heterocycles. The van der Waals surface area contributed by atoms with E-state index >= 15 is 0 Å². The van der Waals surface area contributed by atoms with Crippen LogP contribution >= 0.6 is 23.4 Å². The third-order valence-electron chi connectivity index (χ3n) is 4.91. The van der Waals surface area contributed by atoms with Gasteiger partial charge in [0.2, 0.25) is 11.8 Å². The van der Waals surface area contributed by atoms with Crippen molar-refractivity contribution in [2.45, 2.75) is 29.0 Å². The van der Waals surface area contributed by atoms with Crippen molar-refractivity contribution in [3.8, 4) is 5.75 Å². The molecule has 1 aliphatic rings. The van der Waals surface area contributed by atoms with Gasteiger partial charge in [-0.1, -0.05) is 30.7 Å². The number of sulfone groups is 1. The van der Waals surface area contributed by atoms with Crippen LogP contribution in [0.1, 0.15) is 12.5 Å². The number of rotatable bonds is 8. The van der Waals surface area contributed by atoms with E-state index in [1.165, 1.54) is 19.2 Å². The first-order valence-corrected chi connectivity index (χ1v) is 12.8. The minimum atomic E-state index is -3.83. The molecule has 0 saturated carbocycles. The molecule has 11 heteroatoms. The molecule has 0 bridgehead atoms. The van der Waals surface area contributed by atoms with E-state index in [-0.39, 0.29) is 23.1 Å². The average molecular weight is 498 g/mol. The van der Waals surface area contributed by atoms with E-state index in [0.29, 0.717) is 16.5 Å². The van der Waals surface area contributed by atoms with Crippen LogP contribution in [0.4, 0.5) is 5.69 Å². The number of hydrogen-bond donors (Lipinski definition) is 3. The summed E-state index contributed by atoms with van der Waals surface area (Å²) < 4.78 is 30.8. The summed E-state index contributed by atoms with van der Waals surface area (Å²) in [5.74, 6) is -0.350. The summed E-state index contributed by atoms with van der Waals surface area (Å²) in [4.78, 5) is 24.8. The molecule has 2 aromatic rings. The van der Waals surface area contributed by atoms with Crippen molar-refractivity contribution >= 4 is 50.7 Å². The molecule has 1 aliphatic heterocycles. The quantitative estimate of drug-likeness (QED) is 0.513. The molecule has 3 N–H and O–H groups in total. The zero-order valence-corrected chi connectivity index (χ0v) is 19.9. The lowest BCUT2D eigenvalue weighted by atomic mass is 10.2. The minimum Gasteiger partial charge on any atom is -0.495 e. The highest BCUT2D eigenvalue weighted by Gasteiger charge is 2.38. The number of nitrogens with one attached hydrogen (secondary N) is 3. The number of carbonyl (C=O) groups excluding carboxylic acids is 2. The molecular weight excluding hydrogens is 474 g/mol. The first kappa shape index (κ1) is 24.4. The molecule has 2 amide bonds. The summed E-state index contributed by atoms with van der Waals surface area (Å²) >= 11 is 7.20. The van der Waals surface area contributed by atoms with Gasteiger partial charge in [-0.25, -0.2) is 8.42 Å². The normalized spacial score (nSPS) is 18.7. The monoisotopic (exact) mass is 497 g/mol. The fourth-order valence-electron chi connectivity index (χ4n) is 3.11. The zero-order valence-electron chi connectivity index (χ0n) is 17.6. The molecule has 2 atom stereocenters. The van der Waals surface area contributed by atoms with Crippen LogP contribution < -0.4 is 20.7 Å². The van der Waals surface area contributed by atoms with Gasteiger partial charge in [0.15, 0.2) is 15.1 Å². The summed E-state index contributed by atoms with van der Waals surface area (Å²) in [5.41, 5.74) is 0.950. The van der Waals surface area contributed by atoms with Gasteiger partial charge in [0.1, 0.15) is 11.2 Å². The Morgan fingerprint density at radius 2 is 1.97 bits per heavy atom. The van der Waals surface area contributed by atoms with E-state index in [4.69, 9.17) is 16.3 Å². The van der Waals surface area contributed by atoms with Crippen molar-refractivity contribution in [1.29, 1.82) is 0 Å². The van der Waals surface area contributed by atoms with Crippen LogP contribution in [0.5, 0.6) is 5.75 Å². The molecule has 2 unspecified atom stereocenters. The smallest absolute Gasteiger partial charge is 0.241 e. The Balaban J connectivity index is 1.53. The van der Waals surface area contributed by atoms with Crippen LogP contribution in [0, 0.1) is 0 Å². The van der Waals surface area contributed by atoms with Crippen LogP contribution in [-0.2, 0) is 25.8 Å². The Bertz CT molecular complexity index is 1090. The predicted octanol–water partition coefficient (Wildman–Crippen LogP) is 2.43. The molecule has 1 saturated heterocycles. The number of ether oxygens (including phenoxy) is 1. The van der Waals surface area contributed by atoms with Gasteiger partial charge in [0.05, 0.1) is 22.8 Å². The summed E-state index contributed by atoms with van der Waals surface area (Å²) in [7, 11) is -2.33. The molecule has 172 valence electrons. The molecule has 0 aliphatic carbocycles. The summed E-state index contributed by atoms with van der Waals surface area (Å²) in [5, 5.41) is 7.45. The lowest BCUT2D eigenvalue weighted by molar-refractivity contribution is -0.122. The summed E-state index contributed by atoms with van der Waals surface area (Å²) in [6, 6.07) is 11.4. The highest BCUT2D eigenvalue weighted by atomic mass is 35.5. The number of thioether (sulfide) groups is 1. The molecule has 1 fully saturated rings. The molecule has 0 radical (unpaired) electrons. The van der Waals surface area contributed by atoms with E-state index in [0.717, 1.165) is 23.7 Å². The molecule has 0 spiro atoms. The lowest BCUT2D eigenvalue weighted by Gasteiger charge is -2.29. The predicted molar refractivity (Wildman–Crippen MR) is 126 cm³/mol. The molecule has 8 nitrogen and oxygen atoms in total. The van der Waals surface area contributed by atoms with Gasteiger partial charge < -0.3 is 15.4 Å².